The van der Waals surface area contributed by atoms with E-state index in [-0.39, 0.29) is 12.5 Å². The van der Waals surface area contributed by atoms with Gasteiger partial charge in [-0.3, -0.25) is 4.79 Å². The van der Waals surface area contributed by atoms with E-state index < -0.39 is 0 Å². The molecule has 0 aliphatic rings. The summed E-state index contributed by atoms with van der Waals surface area (Å²) in [7, 11) is 0. The molecule has 0 spiro atoms. The largest absolute Gasteiger partial charge is 0.467 e. The van der Waals surface area contributed by atoms with E-state index in [0.29, 0.717) is 11.5 Å². The SMILES string of the molecule is Cc1cc(OCC(=O)Nc2ccccc2)nc2c1c(C)nn2-c1ccccc1. The van der Waals surface area contributed by atoms with Gasteiger partial charge in [-0.2, -0.15) is 10.1 Å². The van der Waals surface area contributed by atoms with Crippen LogP contribution < -0.4 is 10.1 Å². The van der Waals surface area contributed by atoms with Crippen LogP contribution in [-0.4, -0.2) is 27.3 Å². The normalized spacial score (nSPS) is 10.8. The predicted molar refractivity (Wildman–Crippen MR) is 109 cm³/mol. The molecule has 0 saturated heterocycles. The molecule has 2 heterocycles. The van der Waals surface area contributed by atoms with Crippen molar-refractivity contribution in [2.45, 2.75) is 13.8 Å². The molecule has 0 radical (unpaired) electrons. The van der Waals surface area contributed by atoms with Crippen LogP contribution >= 0.6 is 0 Å². The van der Waals surface area contributed by atoms with Gasteiger partial charge in [0.1, 0.15) is 0 Å². The molecule has 0 unspecified atom stereocenters. The van der Waals surface area contributed by atoms with Crippen molar-refractivity contribution < 1.29 is 9.53 Å². The first-order valence-corrected chi connectivity index (χ1v) is 9.02. The lowest BCUT2D eigenvalue weighted by Crippen LogP contribution is -2.20. The Hall–Kier alpha value is -3.67. The Labute approximate surface area is 162 Å². The maximum absolute atomic E-state index is 12.1. The Morgan fingerprint density at radius 2 is 1.71 bits per heavy atom. The van der Waals surface area contributed by atoms with Gasteiger partial charge in [0.2, 0.25) is 5.88 Å². The minimum absolute atomic E-state index is 0.120. The standard InChI is InChI=1S/C22H20N4O2/c1-15-13-20(28-14-19(27)23-17-9-5-3-6-10-17)24-22-21(15)16(2)25-26(22)18-11-7-4-8-12-18/h3-13H,14H2,1-2H3,(H,23,27). The fourth-order valence-corrected chi connectivity index (χ4v) is 3.16. The van der Waals surface area contributed by atoms with Crippen molar-refractivity contribution in [2.24, 2.45) is 0 Å². The summed E-state index contributed by atoms with van der Waals surface area (Å²) in [6.45, 7) is 3.83. The third kappa shape index (κ3) is 3.57. The van der Waals surface area contributed by atoms with E-state index in [9.17, 15) is 4.79 Å². The van der Waals surface area contributed by atoms with Crippen molar-refractivity contribution in [1.29, 1.82) is 0 Å². The average molecular weight is 372 g/mol. The fourth-order valence-electron chi connectivity index (χ4n) is 3.16. The second kappa shape index (κ2) is 7.52. The number of carbonyl (C=O) groups excluding carboxylic acids is 1. The number of pyridine rings is 1. The summed E-state index contributed by atoms with van der Waals surface area (Å²) in [4.78, 5) is 16.8. The number of hydrogen-bond acceptors (Lipinski definition) is 4. The maximum atomic E-state index is 12.1. The van der Waals surface area contributed by atoms with Gasteiger partial charge in [-0.05, 0) is 43.7 Å². The highest BCUT2D eigenvalue weighted by Crippen LogP contribution is 2.26. The molecular weight excluding hydrogens is 352 g/mol. The summed E-state index contributed by atoms with van der Waals surface area (Å²) in [6.07, 6.45) is 0. The highest BCUT2D eigenvalue weighted by Gasteiger charge is 2.15. The first kappa shape index (κ1) is 17.7. The maximum Gasteiger partial charge on any atom is 0.262 e. The number of rotatable bonds is 5. The summed E-state index contributed by atoms with van der Waals surface area (Å²) < 4.78 is 7.46. The predicted octanol–water partition coefficient (Wildman–Crippen LogP) is 4.05. The number of anilines is 1. The highest BCUT2D eigenvalue weighted by atomic mass is 16.5. The van der Waals surface area contributed by atoms with E-state index in [4.69, 9.17) is 4.74 Å². The molecule has 2 aromatic heterocycles. The zero-order valence-electron chi connectivity index (χ0n) is 15.7. The topological polar surface area (TPSA) is 69.0 Å². The molecule has 0 fully saturated rings. The molecule has 0 aliphatic heterocycles. The van der Waals surface area contributed by atoms with Gasteiger partial charge in [-0.1, -0.05) is 36.4 Å². The number of nitrogens with zero attached hydrogens (tertiary/aromatic N) is 3. The first-order valence-electron chi connectivity index (χ1n) is 9.02. The zero-order chi connectivity index (χ0) is 19.5. The number of aromatic nitrogens is 3. The molecule has 2 aromatic carbocycles. The van der Waals surface area contributed by atoms with Crippen LogP contribution in [0.2, 0.25) is 0 Å². The van der Waals surface area contributed by atoms with Gasteiger partial charge in [0.15, 0.2) is 12.3 Å². The zero-order valence-corrected chi connectivity index (χ0v) is 15.7. The number of benzene rings is 2. The smallest absolute Gasteiger partial charge is 0.262 e. The second-order valence-corrected chi connectivity index (χ2v) is 6.51. The molecular formula is C22H20N4O2. The number of carbonyl (C=O) groups is 1. The van der Waals surface area contributed by atoms with Gasteiger partial charge in [0.05, 0.1) is 11.4 Å². The van der Waals surface area contributed by atoms with Crippen molar-refractivity contribution >= 4 is 22.6 Å². The Morgan fingerprint density at radius 1 is 1.04 bits per heavy atom. The van der Waals surface area contributed by atoms with Gasteiger partial charge in [-0.25, -0.2) is 4.68 Å². The second-order valence-electron chi connectivity index (χ2n) is 6.51. The minimum atomic E-state index is -0.238. The highest BCUT2D eigenvalue weighted by molar-refractivity contribution is 5.91. The Bertz CT molecular complexity index is 1120. The van der Waals surface area contributed by atoms with Crippen LogP contribution in [0, 0.1) is 13.8 Å². The number of fused-ring (bicyclic) bond motifs is 1. The molecule has 4 aromatic rings. The molecule has 0 atom stereocenters. The van der Waals surface area contributed by atoms with Gasteiger partial charge in [-0.15, -0.1) is 0 Å². The molecule has 6 heteroatoms. The molecule has 6 nitrogen and oxygen atoms in total. The molecule has 1 N–H and O–H groups in total. The van der Waals surface area contributed by atoms with Crippen molar-refractivity contribution in [1.82, 2.24) is 14.8 Å². The number of para-hydroxylation sites is 2. The first-order chi connectivity index (χ1) is 13.6. The summed E-state index contributed by atoms with van der Waals surface area (Å²) >= 11 is 0. The van der Waals surface area contributed by atoms with Gasteiger partial charge < -0.3 is 10.1 Å². The molecule has 0 saturated carbocycles. The number of ether oxygens (including phenoxy) is 1. The van der Waals surface area contributed by atoms with Crippen LogP contribution in [0.1, 0.15) is 11.3 Å². The minimum Gasteiger partial charge on any atom is -0.467 e. The molecule has 4 rings (SSSR count). The van der Waals surface area contributed by atoms with Crippen LogP contribution in [0.15, 0.2) is 66.7 Å². The molecule has 0 aliphatic carbocycles. The lowest BCUT2D eigenvalue weighted by Gasteiger charge is -2.09. The number of amides is 1. The lowest BCUT2D eigenvalue weighted by atomic mass is 10.2. The Morgan fingerprint density at radius 3 is 2.43 bits per heavy atom. The van der Waals surface area contributed by atoms with Crippen molar-refractivity contribution in [3.63, 3.8) is 0 Å². The van der Waals surface area contributed by atoms with Crippen LogP contribution in [0.4, 0.5) is 5.69 Å². The van der Waals surface area contributed by atoms with Crippen molar-refractivity contribution in [2.75, 3.05) is 11.9 Å². The third-order valence-electron chi connectivity index (χ3n) is 4.40. The van der Waals surface area contributed by atoms with Gasteiger partial charge >= 0.3 is 0 Å². The van der Waals surface area contributed by atoms with Crippen LogP contribution in [0.25, 0.3) is 16.7 Å². The molecule has 1 amide bonds. The Kier molecular flexibility index (Phi) is 4.76. The van der Waals surface area contributed by atoms with E-state index in [1.54, 1.807) is 4.68 Å². The van der Waals surface area contributed by atoms with Gasteiger partial charge in [0, 0.05) is 17.1 Å². The number of nitrogens with one attached hydrogen (secondary N) is 1. The quantitative estimate of drug-likeness (QED) is 0.574. The van der Waals surface area contributed by atoms with Crippen LogP contribution in [0.5, 0.6) is 5.88 Å². The molecule has 0 bridgehead atoms. The summed E-state index contributed by atoms with van der Waals surface area (Å²) in [5.74, 6) is 0.156. The third-order valence-corrected chi connectivity index (χ3v) is 4.40. The average Bonchev–Trinajstić information content (AvgIpc) is 3.05. The molecule has 28 heavy (non-hydrogen) atoms. The molecule has 140 valence electrons. The fraction of sp³-hybridized carbons (Fsp3) is 0.136. The van der Waals surface area contributed by atoms with E-state index in [1.165, 1.54) is 0 Å². The number of hydrogen-bond donors (Lipinski definition) is 1. The summed E-state index contributed by atoms with van der Waals surface area (Å²) in [5, 5.41) is 8.42. The van der Waals surface area contributed by atoms with Crippen LogP contribution in [0.3, 0.4) is 0 Å². The van der Waals surface area contributed by atoms with Crippen molar-refractivity contribution in [3.8, 4) is 11.6 Å². The van der Waals surface area contributed by atoms with Crippen LogP contribution in [-0.2, 0) is 4.79 Å². The van der Waals surface area contributed by atoms with E-state index in [1.807, 2.05) is 80.6 Å². The summed E-state index contributed by atoms with van der Waals surface area (Å²) in [5.41, 5.74) is 4.27. The number of aryl methyl sites for hydroxylation is 2. The van der Waals surface area contributed by atoms with E-state index >= 15 is 0 Å². The Balaban J connectivity index is 1.59. The monoisotopic (exact) mass is 372 g/mol. The lowest BCUT2D eigenvalue weighted by molar-refractivity contribution is -0.118. The summed E-state index contributed by atoms with van der Waals surface area (Å²) in [6, 6.07) is 20.9. The van der Waals surface area contributed by atoms with Crippen molar-refractivity contribution in [3.05, 3.63) is 78.0 Å². The van der Waals surface area contributed by atoms with E-state index in [2.05, 4.69) is 15.4 Å². The van der Waals surface area contributed by atoms with E-state index in [0.717, 1.165) is 28.0 Å². The van der Waals surface area contributed by atoms with Gasteiger partial charge in [0.25, 0.3) is 5.91 Å².